The predicted octanol–water partition coefficient (Wildman–Crippen LogP) is 2.31. The number of amides is 1. The number of esters is 1. The Balaban J connectivity index is 1.63. The van der Waals surface area contributed by atoms with E-state index in [9.17, 15) is 9.59 Å². The van der Waals surface area contributed by atoms with E-state index in [4.69, 9.17) is 4.74 Å². The second-order valence-corrected chi connectivity index (χ2v) is 6.49. The summed E-state index contributed by atoms with van der Waals surface area (Å²) < 4.78 is 4.72. The minimum absolute atomic E-state index is 0.220. The summed E-state index contributed by atoms with van der Waals surface area (Å²) in [6.07, 6.45) is 3.30. The number of benzene rings is 1. The molecule has 1 aromatic carbocycles. The third kappa shape index (κ3) is 3.19. The van der Waals surface area contributed by atoms with Crippen LogP contribution in [0, 0.1) is 5.92 Å². The van der Waals surface area contributed by atoms with E-state index in [-0.39, 0.29) is 17.9 Å². The molecule has 1 saturated carbocycles. The summed E-state index contributed by atoms with van der Waals surface area (Å²) in [6, 6.07) is 7.69. The van der Waals surface area contributed by atoms with E-state index < -0.39 is 0 Å². The first kappa shape index (κ1) is 15.8. The van der Waals surface area contributed by atoms with Gasteiger partial charge in [-0.3, -0.25) is 4.79 Å². The zero-order valence-electron chi connectivity index (χ0n) is 13.8. The molecule has 3 rings (SSSR count). The fourth-order valence-corrected chi connectivity index (χ4v) is 3.34. The van der Waals surface area contributed by atoms with E-state index in [0.29, 0.717) is 11.5 Å². The van der Waals surface area contributed by atoms with Gasteiger partial charge in [-0.2, -0.15) is 0 Å². The van der Waals surface area contributed by atoms with E-state index in [1.54, 1.807) is 12.1 Å². The first-order chi connectivity index (χ1) is 11.1. The van der Waals surface area contributed by atoms with Crippen molar-refractivity contribution in [3.8, 4) is 0 Å². The summed E-state index contributed by atoms with van der Waals surface area (Å²) in [5.74, 6) is 0.286. The monoisotopic (exact) mass is 316 g/mol. The number of anilines is 1. The Hall–Kier alpha value is -2.04. The quantitative estimate of drug-likeness (QED) is 0.803. The van der Waals surface area contributed by atoms with Gasteiger partial charge in [-0.05, 0) is 44.0 Å². The molecule has 0 radical (unpaired) electrons. The molecule has 1 amide bonds. The average molecular weight is 316 g/mol. The second kappa shape index (κ2) is 6.60. The van der Waals surface area contributed by atoms with Crippen LogP contribution in [0.2, 0.25) is 0 Å². The van der Waals surface area contributed by atoms with Crippen molar-refractivity contribution in [2.24, 2.45) is 5.92 Å². The zero-order valence-corrected chi connectivity index (χ0v) is 13.8. The van der Waals surface area contributed by atoms with Crippen LogP contribution in [0.25, 0.3) is 0 Å². The lowest BCUT2D eigenvalue weighted by molar-refractivity contribution is -0.140. The van der Waals surface area contributed by atoms with Gasteiger partial charge in [0, 0.05) is 37.3 Å². The first-order valence-corrected chi connectivity index (χ1v) is 8.34. The van der Waals surface area contributed by atoms with Crippen molar-refractivity contribution in [1.29, 1.82) is 0 Å². The van der Waals surface area contributed by atoms with Crippen LogP contribution < -0.4 is 4.90 Å². The van der Waals surface area contributed by atoms with Crippen molar-refractivity contribution in [3.05, 3.63) is 29.8 Å². The van der Waals surface area contributed by atoms with E-state index >= 15 is 0 Å². The molecule has 23 heavy (non-hydrogen) atoms. The maximum Gasteiger partial charge on any atom is 0.337 e. The van der Waals surface area contributed by atoms with Gasteiger partial charge < -0.3 is 14.5 Å². The molecule has 2 fully saturated rings. The SMILES string of the molecule is COC(=O)c1ccc(N2CCN(C(=O)C3CCC3)[C@@H](C)C2)cc1. The molecule has 2 aliphatic rings. The molecule has 5 heteroatoms. The van der Waals surface area contributed by atoms with E-state index in [1.807, 2.05) is 17.0 Å². The summed E-state index contributed by atoms with van der Waals surface area (Å²) in [5, 5.41) is 0. The molecular weight excluding hydrogens is 292 g/mol. The highest BCUT2D eigenvalue weighted by Crippen LogP contribution is 2.30. The van der Waals surface area contributed by atoms with Gasteiger partial charge in [0.15, 0.2) is 0 Å². The number of nitrogens with zero attached hydrogens (tertiary/aromatic N) is 2. The third-order valence-electron chi connectivity index (χ3n) is 5.02. The lowest BCUT2D eigenvalue weighted by Crippen LogP contribution is -2.56. The highest BCUT2D eigenvalue weighted by atomic mass is 16.5. The molecule has 1 saturated heterocycles. The van der Waals surface area contributed by atoms with Gasteiger partial charge in [0.1, 0.15) is 0 Å². The van der Waals surface area contributed by atoms with Gasteiger partial charge in [0.05, 0.1) is 12.7 Å². The summed E-state index contributed by atoms with van der Waals surface area (Å²) in [7, 11) is 1.39. The number of hydrogen-bond donors (Lipinski definition) is 0. The number of hydrogen-bond acceptors (Lipinski definition) is 4. The molecular formula is C18H24N2O3. The van der Waals surface area contributed by atoms with Crippen LogP contribution in [0.5, 0.6) is 0 Å². The summed E-state index contributed by atoms with van der Waals surface area (Å²) >= 11 is 0. The number of carbonyl (C=O) groups is 2. The largest absolute Gasteiger partial charge is 0.465 e. The Labute approximate surface area is 137 Å². The number of carbonyl (C=O) groups excluding carboxylic acids is 2. The number of methoxy groups -OCH3 is 1. The van der Waals surface area contributed by atoms with Gasteiger partial charge in [0.2, 0.25) is 5.91 Å². The molecule has 1 heterocycles. The Bertz CT molecular complexity index is 580. The lowest BCUT2D eigenvalue weighted by Gasteiger charge is -2.43. The van der Waals surface area contributed by atoms with Crippen LogP contribution >= 0.6 is 0 Å². The smallest absolute Gasteiger partial charge is 0.337 e. The summed E-state index contributed by atoms with van der Waals surface area (Å²) in [5.41, 5.74) is 1.64. The third-order valence-corrected chi connectivity index (χ3v) is 5.02. The van der Waals surface area contributed by atoms with Gasteiger partial charge in [-0.1, -0.05) is 6.42 Å². The standard InChI is InChI=1S/C18H24N2O3/c1-13-12-19(10-11-20(13)17(21)14-4-3-5-14)16-8-6-15(7-9-16)18(22)23-2/h6-9,13-14H,3-5,10-12H2,1-2H3/t13-/m0/s1. The van der Waals surface area contributed by atoms with Crippen molar-refractivity contribution >= 4 is 17.6 Å². The molecule has 5 nitrogen and oxygen atoms in total. The van der Waals surface area contributed by atoms with Crippen LogP contribution in [0.4, 0.5) is 5.69 Å². The van der Waals surface area contributed by atoms with Crippen LogP contribution in [-0.2, 0) is 9.53 Å². The first-order valence-electron chi connectivity index (χ1n) is 8.34. The van der Waals surface area contributed by atoms with Crippen LogP contribution in [0.15, 0.2) is 24.3 Å². The summed E-state index contributed by atoms with van der Waals surface area (Å²) in [6.45, 7) is 4.55. The Kier molecular flexibility index (Phi) is 4.55. The van der Waals surface area contributed by atoms with Crippen molar-refractivity contribution in [3.63, 3.8) is 0 Å². The number of piperazine rings is 1. The van der Waals surface area contributed by atoms with Crippen LogP contribution in [-0.4, -0.2) is 49.6 Å². The Morgan fingerprint density at radius 1 is 1.13 bits per heavy atom. The molecule has 1 atom stereocenters. The molecule has 0 bridgehead atoms. The normalized spacial score (nSPS) is 21.7. The summed E-state index contributed by atoms with van der Waals surface area (Å²) in [4.78, 5) is 28.3. The van der Waals surface area contributed by atoms with Crippen molar-refractivity contribution < 1.29 is 14.3 Å². The van der Waals surface area contributed by atoms with Gasteiger partial charge in [-0.15, -0.1) is 0 Å². The minimum Gasteiger partial charge on any atom is -0.465 e. The Morgan fingerprint density at radius 2 is 1.83 bits per heavy atom. The molecule has 1 aliphatic heterocycles. The Morgan fingerprint density at radius 3 is 2.35 bits per heavy atom. The fourth-order valence-electron chi connectivity index (χ4n) is 3.34. The van der Waals surface area contributed by atoms with E-state index in [1.165, 1.54) is 13.5 Å². The van der Waals surface area contributed by atoms with Gasteiger partial charge >= 0.3 is 5.97 Å². The fraction of sp³-hybridized carbons (Fsp3) is 0.556. The van der Waals surface area contributed by atoms with Gasteiger partial charge in [-0.25, -0.2) is 4.79 Å². The van der Waals surface area contributed by atoms with Crippen LogP contribution in [0.3, 0.4) is 0 Å². The molecule has 1 aliphatic carbocycles. The van der Waals surface area contributed by atoms with Crippen molar-refractivity contribution in [2.45, 2.75) is 32.2 Å². The molecule has 0 unspecified atom stereocenters. The van der Waals surface area contributed by atoms with Crippen molar-refractivity contribution in [2.75, 3.05) is 31.6 Å². The average Bonchev–Trinajstić information content (AvgIpc) is 2.52. The zero-order chi connectivity index (χ0) is 16.4. The lowest BCUT2D eigenvalue weighted by atomic mass is 9.84. The van der Waals surface area contributed by atoms with Gasteiger partial charge in [0.25, 0.3) is 0 Å². The maximum atomic E-state index is 12.4. The second-order valence-electron chi connectivity index (χ2n) is 6.49. The molecule has 0 spiro atoms. The topological polar surface area (TPSA) is 49.9 Å². The predicted molar refractivity (Wildman–Crippen MR) is 88.5 cm³/mol. The van der Waals surface area contributed by atoms with Crippen LogP contribution in [0.1, 0.15) is 36.5 Å². The molecule has 1 aromatic rings. The molecule has 0 N–H and O–H groups in total. The number of ether oxygens (including phenoxy) is 1. The molecule has 0 aromatic heterocycles. The highest BCUT2D eigenvalue weighted by Gasteiger charge is 2.34. The van der Waals surface area contributed by atoms with E-state index in [0.717, 1.165) is 38.2 Å². The minimum atomic E-state index is -0.319. The molecule has 124 valence electrons. The number of rotatable bonds is 3. The van der Waals surface area contributed by atoms with E-state index in [2.05, 4.69) is 11.8 Å². The maximum absolute atomic E-state index is 12.4. The van der Waals surface area contributed by atoms with Crippen molar-refractivity contribution in [1.82, 2.24) is 4.90 Å². The highest BCUT2D eigenvalue weighted by molar-refractivity contribution is 5.89.